The molecule has 0 aliphatic carbocycles. The van der Waals surface area contributed by atoms with Gasteiger partial charge >= 0.3 is 23.9 Å². The van der Waals surface area contributed by atoms with Crippen molar-refractivity contribution in [3.8, 4) is 0 Å². The van der Waals surface area contributed by atoms with Gasteiger partial charge in [0.1, 0.15) is 12.7 Å². The molecule has 0 spiro atoms. The van der Waals surface area contributed by atoms with Crippen LogP contribution in [0.1, 0.15) is 33.3 Å². The smallest absolute Gasteiger partial charge is 0.303 e. The van der Waals surface area contributed by atoms with Gasteiger partial charge in [-0.1, -0.05) is 30.3 Å². The molecule has 0 N–H and O–H groups in total. The molecule has 1 aromatic carbocycles. The number of carbonyl (C=O) groups excluding carboxylic acids is 4. The Morgan fingerprint density at radius 2 is 1.32 bits per heavy atom. The van der Waals surface area contributed by atoms with Gasteiger partial charge in [0.15, 0.2) is 24.6 Å². The van der Waals surface area contributed by atoms with Crippen molar-refractivity contribution in [1.29, 1.82) is 0 Å². The number of ether oxygens (including phenoxy) is 6. The van der Waals surface area contributed by atoms with Crippen molar-refractivity contribution >= 4 is 23.9 Å². The van der Waals surface area contributed by atoms with E-state index in [9.17, 15) is 19.2 Å². The van der Waals surface area contributed by atoms with Crippen molar-refractivity contribution in [3.63, 3.8) is 0 Å². The molecule has 1 heterocycles. The number of carbonyl (C=O) groups is 4. The minimum absolute atomic E-state index is 0.0918. The summed E-state index contributed by atoms with van der Waals surface area (Å²) in [5.74, 6) is -2.66. The van der Waals surface area contributed by atoms with Crippen molar-refractivity contribution in [3.05, 3.63) is 35.9 Å². The van der Waals surface area contributed by atoms with Crippen LogP contribution in [0.5, 0.6) is 0 Å². The molecule has 31 heavy (non-hydrogen) atoms. The first-order chi connectivity index (χ1) is 14.7. The molecule has 2 rings (SSSR count). The fourth-order valence-electron chi connectivity index (χ4n) is 3.08. The van der Waals surface area contributed by atoms with E-state index in [2.05, 4.69) is 0 Å². The van der Waals surface area contributed by atoms with E-state index in [1.165, 1.54) is 13.8 Å². The Hall–Kier alpha value is -2.98. The van der Waals surface area contributed by atoms with Crippen LogP contribution in [0.3, 0.4) is 0 Å². The van der Waals surface area contributed by atoms with E-state index in [1.54, 1.807) is 0 Å². The third-order valence-electron chi connectivity index (χ3n) is 4.21. The van der Waals surface area contributed by atoms with Crippen LogP contribution in [0.2, 0.25) is 0 Å². The predicted molar refractivity (Wildman–Crippen MR) is 103 cm³/mol. The van der Waals surface area contributed by atoms with Crippen molar-refractivity contribution in [2.24, 2.45) is 0 Å². The highest BCUT2D eigenvalue weighted by atomic mass is 16.7. The minimum atomic E-state index is -1.25. The van der Waals surface area contributed by atoms with Gasteiger partial charge in [0.2, 0.25) is 0 Å². The Morgan fingerprint density at radius 1 is 0.774 bits per heavy atom. The van der Waals surface area contributed by atoms with Crippen molar-refractivity contribution in [1.82, 2.24) is 0 Å². The summed E-state index contributed by atoms with van der Waals surface area (Å²) in [6.45, 7) is 4.49. The Labute approximate surface area is 179 Å². The zero-order valence-electron chi connectivity index (χ0n) is 17.8. The molecule has 10 nitrogen and oxygen atoms in total. The summed E-state index contributed by atoms with van der Waals surface area (Å²) in [4.78, 5) is 46.5. The predicted octanol–water partition coefficient (Wildman–Crippen LogP) is 1.29. The second-order valence-corrected chi connectivity index (χ2v) is 6.86. The van der Waals surface area contributed by atoms with E-state index in [1.807, 2.05) is 30.3 Å². The molecule has 170 valence electrons. The summed E-state index contributed by atoms with van der Waals surface area (Å²) in [5, 5.41) is 0. The molecule has 3 unspecified atom stereocenters. The van der Waals surface area contributed by atoms with Crippen molar-refractivity contribution in [2.75, 3.05) is 6.61 Å². The summed E-state index contributed by atoms with van der Waals surface area (Å²) in [6, 6.07) is 9.14. The van der Waals surface area contributed by atoms with Crippen LogP contribution in [0.4, 0.5) is 0 Å². The van der Waals surface area contributed by atoms with Gasteiger partial charge in [0.25, 0.3) is 0 Å². The van der Waals surface area contributed by atoms with Crippen LogP contribution in [-0.4, -0.2) is 61.2 Å². The molecular weight excluding hydrogens is 412 g/mol. The van der Waals surface area contributed by atoms with Crippen molar-refractivity contribution in [2.45, 2.75) is 65.0 Å². The fourth-order valence-corrected chi connectivity index (χ4v) is 3.08. The van der Waals surface area contributed by atoms with Crippen molar-refractivity contribution < 1.29 is 47.6 Å². The van der Waals surface area contributed by atoms with E-state index in [4.69, 9.17) is 28.4 Å². The molecular formula is C21H26O10. The molecule has 1 saturated heterocycles. The number of rotatable bonds is 8. The number of benzene rings is 1. The zero-order valence-corrected chi connectivity index (χ0v) is 17.8. The molecule has 0 bridgehead atoms. The van der Waals surface area contributed by atoms with E-state index in [-0.39, 0.29) is 13.2 Å². The maximum atomic E-state index is 11.8. The van der Waals surface area contributed by atoms with Crippen LogP contribution in [0.25, 0.3) is 0 Å². The molecule has 1 aliphatic heterocycles. The summed E-state index contributed by atoms with van der Waals surface area (Å²) in [6.07, 6.45) is -5.92. The lowest BCUT2D eigenvalue weighted by molar-refractivity contribution is -0.310. The summed E-state index contributed by atoms with van der Waals surface area (Å²) < 4.78 is 32.6. The first kappa shape index (κ1) is 24.3. The molecule has 1 aromatic rings. The second kappa shape index (κ2) is 11.4. The maximum Gasteiger partial charge on any atom is 0.303 e. The quantitative estimate of drug-likeness (QED) is 0.433. The Kier molecular flexibility index (Phi) is 8.95. The van der Waals surface area contributed by atoms with Crippen LogP contribution in [0, 0.1) is 0 Å². The normalized spacial score (nSPS) is 25.2. The summed E-state index contributed by atoms with van der Waals surface area (Å²) in [7, 11) is 0. The summed E-state index contributed by atoms with van der Waals surface area (Å²) >= 11 is 0. The minimum Gasteiger partial charge on any atom is -0.463 e. The molecule has 0 aromatic heterocycles. The first-order valence-corrected chi connectivity index (χ1v) is 9.63. The maximum absolute atomic E-state index is 11.8. The van der Waals surface area contributed by atoms with Gasteiger partial charge in [-0.2, -0.15) is 0 Å². The van der Waals surface area contributed by atoms with E-state index >= 15 is 0 Å². The molecule has 0 amide bonds. The van der Waals surface area contributed by atoms with E-state index in [0.29, 0.717) is 0 Å². The number of hydrogen-bond donors (Lipinski definition) is 0. The SMILES string of the molecule is CC(=O)OCC1O[C@@H](OCc2ccccc2)C(OC(C)=O)C(OC(C)=O)[C@H]1OC(C)=O. The van der Waals surface area contributed by atoms with E-state index in [0.717, 1.165) is 19.4 Å². The monoisotopic (exact) mass is 438 g/mol. The molecule has 1 aliphatic rings. The van der Waals surface area contributed by atoms with Crippen LogP contribution in [0.15, 0.2) is 30.3 Å². The van der Waals surface area contributed by atoms with E-state index < -0.39 is 54.6 Å². The third kappa shape index (κ3) is 7.65. The second-order valence-electron chi connectivity index (χ2n) is 6.86. The van der Waals surface area contributed by atoms with Gasteiger partial charge in [-0.15, -0.1) is 0 Å². The lowest BCUT2D eigenvalue weighted by Gasteiger charge is -2.44. The first-order valence-electron chi connectivity index (χ1n) is 9.63. The number of esters is 4. The Balaban J connectivity index is 2.35. The highest BCUT2D eigenvalue weighted by molar-refractivity contribution is 5.68. The molecule has 0 radical (unpaired) electrons. The molecule has 5 atom stereocenters. The van der Waals surface area contributed by atoms with Gasteiger partial charge in [-0.05, 0) is 5.56 Å². The van der Waals surface area contributed by atoms with Gasteiger partial charge in [0.05, 0.1) is 6.61 Å². The topological polar surface area (TPSA) is 124 Å². The fraction of sp³-hybridized carbons (Fsp3) is 0.524. The Bertz CT molecular complexity index is 778. The lowest BCUT2D eigenvalue weighted by Crippen LogP contribution is -2.62. The largest absolute Gasteiger partial charge is 0.463 e. The van der Waals surface area contributed by atoms with Gasteiger partial charge < -0.3 is 28.4 Å². The zero-order chi connectivity index (χ0) is 23.0. The van der Waals surface area contributed by atoms with Crippen LogP contribution < -0.4 is 0 Å². The number of hydrogen-bond acceptors (Lipinski definition) is 10. The lowest BCUT2D eigenvalue weighted by atomic mass is 9.98. The third-order valence-corrected chi connectivity index (χ3v) is 4.21. The van der Waals surface area contributed by atoms with Crippen LogP contribution in [-0.2, 0) is 54.2 Å². The molecule has 0 saturated carbocycles. The molecule has 10 heteroatoms. The molecule has 1 fully saturated rings. The average Bonchev–Trinajstić information content (AvgIpc) is 2.68. The van der Waals surface area contributed by atoms with Gasteiger partial charge in [-0.25, -0.2) is 0 Å². The van der Waals surface area contributed by atoms with Crippen LogP contribution >= 0.6 is 0 Å². The highest BCUT2D eigenvalue weighted by Crippen LogP contribution is 2.30. The summed E-state index contributed by atoms with van der Waals surface area (Å²) in [5.41, 5.74) is 0.815. The van der Waals surface area contributed by atoms with Gasteiger partial charge in [-0.3, -0.25) is 19.2 Å². The highest BCUT2D eigenvalue weighted by Gasteiger charge is 2.52. The van der Waals surface area contributed by atoms with Gasteiger partial charge in [0, 0.05) is 27.7 Å². The average molecular weight is 438 g/mol. The standard InChI is InChI=1S/C21H26O10/c1-12(22)26-11-17-18(28-13(2)23)19(29-14(3)24)20(30-15(4)25)21(31-17)27-10-16-8-6-5-7-9-16/h5-9,17-21H,10-11H2,1-4H3/t17?,18-,19?,20?,21+/m0/s1. The Morgan fingerprint density at radius 3 is 1.87 bits per heavy atom.